The normalized spacial score (nSPS) is 18.8. The molecule has 9 heteroatoms. The summed E-state index contributed by atoms with van der Waals surface area (Å²) < 4.78 is 25.0. The zero-order chi connectivity index (χ0) is 22.8. The number of cyclic esters (lactones) is 1. The number of rotatable bonds is 5. The minimum absolute atomic E-state index is 0.0804. The first-order chi connectivity index (χ1) is 15.4. The fourth-order valence-electron chi connectivity index (χ4n) is 4.25. The zero-order valence-electron chi connectivity index (χ0n) is 18.5. The van der Waals surface area contributed by atoms with Crippen molar-refractivity contribution in [1.29, 1.82) is 0 Å². The van der Waals surface area contributed by atoms with Crippen LogP contribution in [0.15, 0.2) is 30.5 Å². The highest BCUT2D eigenvalue weighted by molar-refractivity contribution is 5.96. The summed E-state index contributed by atoms with van der Waals surface area (Å²) in [6.07, 6.45) is 1.22. The van der Waals surface area contributed by atoms with E-state index in [0.717, 1.165) is 16.9 Å². The van der Waals surface area contributed by atoms with Crippen LogP contribution in [0.4, 0.5) is 20.7 Å². The van der Waals surface area contributed by atoms with Crippen molar-refractivity contribution in [1.82, 2.24) is 9.88 Å². The van der Waals surface area contributed by atoms with Gasteiger partial charge >= 0.3 is 6.09 Å². The van der Waals surface area contributed by atoms with Gasteiger partial charge < -0.3 is 19.3 Å². The third kappa shape index (κ3) is 4.25. The number of aryl methyl sites for hydroxylation is 2. The van der Waals surface area contributed by atoms with Crippen molar-refractivity contribution in [3.05, 3.63) is 53.0 Å². The number of hydrogen-bond donors (Lipinski definition) is 0. The van der Waals surface area contributed by atoms with Crippen LogP contribution in [0.3, 0.4) is 0 Å². The number of methoxy groups -OCH3 is 1. The van der Waals surface area contributed by atoms with Crippen molar-refractivity contribution >= 4 is 23.5 Å². The fraction of sp³-hybridized carbons (Fsp3) is 0.435. The second-order valence-electron chi connectivity index (χ2n) is 8.15. The number of amides is 2. The number of benzene rings is 1. The molecule has 2 aliphatic heterocycles. The number of carbonyl (C=O) groups excluding carboxylic acids is 2. The highest BCUT2D eigenvalue weighted by Crippen LogP contribution is 2.28. The molecule has 32 heavy (non-hydrogen) atoms. The van der Waals surface area contributed by atoms with Crippen LogP contribution in [0, 0.1) is 19.7 Å². The van der Waals surface area contributed by atoms with Gasteiger partial charge in [0.25, 0.3) is 5.91 Å². The molecule has 0 radical (unpaired) electrons. The molecule has 0 aliphatic carbocycles. The summed E-state index contributed by atoms with van der Waals surface area (Å²) in [4.78, 5) is 34.7. The van der Waals surface area contributed by atoms with Gasteiger partial charge in [-0.05, 0) is 43.2 Å². The molecule has 1 atom stereocenters. The third-order valence-electron chi connectivity index (χ3n) is 5.83. The van der Waals surface area contributed by atoms with E-state index in [0.29, 0.717) is 26.2 Å². The molecule has 2 aromatic rings. The number of anilines is 2. The summed E-state index contributed by atoms with van der Waals surface area (Å²) in [5.74, 6) is 0.0521. The SMILES string of the molecule is COCC1COC(=O)N1c1ccc(C(=O)N2CCN(c3ncc(C)cc3C)CC2)cc1F. The number of hydrogen-bond acceptors (Lipinski definition) is 6. The average Bonchev–Trinajstić information content (AvgIpc) is 3.13. The molecule has 2 saturated heterocycles. The topological polar surface area (TPSA) is 75.2 Å². The zero-order valence-corrected chi connectivity index (χ0v) is 18.5. The van der Waals surface area contributed by atoms with Crippen LogP contribution in [-0.4, -0.2) is 74.4 Å². The first-order valence-corrected chi connectivity index (χ1v) is 10.6. The Morgan fingerprint density at radius 1 is 1.22 bits per heavy atom. The van der Waals surface area contributed by atoms with Crippen LogP contribution in [-0.2, 0) is 9.47 Å². The Bertz CT molecular complexity index is 1020. The number of ether oxygens (including phenoxy) is 2. The van der Waals surface area contributed by atoms with Crippen LogP contribution >= 0.6 is 0 Å². The molecular weight excluding hydrogens is 415 g/mol. The molecule has 8 nitrogen and oxygen atoms in total. The van der Waals surface area contributed by atoms with Gasteiger partial charge in [0, 0.05) is 45.0 Å². The van der Waals surface area contributed by atoms with Crippen molar-refractivity contribution < 1.29 is 23.5 Å². The average molecular weight is 442 g/mol. The number of pyridine rings is 1. The van der Waals surface area contributed by atoms with Gasteiger partial charge in [0.15, 0.2) is 0 Å². The maximum Gasteiger partial charge on any atom is 0.414 e. The van der Waals surface area contributed by atoms with Crippen molar-refractivity contribution in [3.63, 3.8) is 0 Å². The predicted molar refractivity (Wildman–Crippen MR) is 118 cm³/mol. The number of aromatic nitrogens is 1. The van der Waals surface area contributed by atoms with E-state index in [1.165, 1.54) is 24.1 Å². The highest BCUT2D eigenvalue weighted by Gasteiger charge is 2.36. The second kappa shape index (κ2) is 9.12. The maximum atomic E-state index is 14.9. The predicted octanol–water partition coefficient (Wildman–Crippen LogP) is 2.77. The van der Waals surface area contributed by atoms with Gasteiger partial charge in [0.2, 0.25) is 0 Å². The fourth-order valence-corrected chi connectivity index (χ4v) is 4.25. The second-order valence-corrected chi connectivity index (χ2v) is 8.15. The number of carbonyl (C=O) groups is 2. The Labute approximate surface area is 186 Å². The standard InChI is InChI=1S/C23H27FN4O4/c1-15-10-16(2)21(25-12-15)26-6-8-27(9-7-26)22(29)17-4-5-20(19(24)11-17)28-18(13-31-3)14-32-23(28)30/h4-5,10-12,18H,6-9,13-14H2,1-3H3. The van der Waals surface area contributed by atoms with Gasteiger partial charge in [-0.2, -0.15) is 0 Å². The molecular formula is C23H27FN4O4. The van der Waals surface area contributed by atoms with E-state index in [9.17, 15) is 14.0 Å². The van der Waals surface area contributed by atoms with Crippen LogP contribution in [0.2, 0.25) is 0 Å². The molecule has 0 bridgehead atoms. The highest BCUT2D eigenvalue weighted by atomic mass is 19.1. The first kappa shape index (κ1) is 22.0. The number of nitrogens with zero attached hydrogens (tertiary/aromatic N) is 4. The van der Waals surface area contributed by atoms with Gasteiger partial charge in [0.05, 0.1) is 18.3 Å². The lowest BCUT2D eigenvalue weighted by molar-refractivity contribution is 0.0746. The molecule has 2 aliphatic rings. The summed E-state index contributed by atoms with van der Waals surface area (Å²) in [5.41, 5.74) is 2.55. The van der Waals surface area contributed by atoms with E-state index < -0.39 is 18.0 Å². The smallest absolute Gasteiger partial charge is 0.414 e. The molecule has 4 rings (SSSR count). The molecule has 2 fully saturated rings. The van der Waals surface area contributed by atoms with E-state index in [-0.39, 0.29) is 30.4 Å². The molecule has 0 N–H and O–H groups in total. The Kier molecular flexibility index (Phi) is 6.27. The summed E-state index contributed by atoms with van der Waals surface area (Å²) in [6, 6.07) is 5.88. The van der Waals surface area contributed by atoms with Crippen LogP contribution in [0.5, 0.6) is 0 Å². The van der Waals surface area contributed by atoms with E-state index >= 15 is 0 Å². The van der Waals surface area contributed by atoms with Crippen molar-refractivity contribution in [3.8, 4) is 0 Å². The number of halogens is 1. The molecule has 1 aromatic heterocycles. The summed E-state index contributed by atoms with van der Waals surface area (Å²) in [7, 11) is 1.51. The van der Waals surface area contributed by atoms with E-state index in [4.69, 9.17) is 9.47 Å². The van der Waals surface area contributed by atoms with Crippen LogP contribution in [0.1, 0.15) is 21.5 Å². The molecule has 170 valence electrons. The molecule has 3 heterocycles. The van der Waals surface area contributed by atoms with Gasteiger partial charge in [-0.1, -0.05) is 6.07 Å². The Hall–Kier alpha value is -3.20. The summed E-state index contributed by atoms with van der Waals surface area (Å²) >= 11 is 0. The summed E-state index contributed by atoms with van der Waals surface area (Å²) in [5, 5.41) is 0. The first-order valence-electron chi connectivity index (χ1n) is 10.6. The minimum atomic E-state index is -0.645. The Balaban J connectivity index is 1.44. The lowest BCUT2D eigenvalue weighted by atomic mass is 10.1. The molecule has 2 amide bonds. The van der Waals surface area contributed by atoms with Gasteiger partial charge in [0.1, 0.15) is 18.2 Å². The minimum Gasteiger partial charge on any atom is -0.447 e. The monoisotopic (exact) mass is 442 g/mol. The lowest BCUT2D eigenvalue weighted by Gasteiger charge is -2.36. The maximum absolute atomic E-state index is 14.9. The quantitative estimate of drug-likeness (QED) is 0.709. The van der Waals surface area contributed by atoms with E-state index in [1.54, 1.807) is 11.0 Å². The van der Waals surface area contributed by atoms with Crippen molar-refractivity contribution in [2.24, 2.45) is 0 Å². The van der Waals surface area contributed by atoms with E-state index in [1.807, 2.05) is 20.0 Å². The lowest BCUT2D eigenvalue weighted by Crippen LogP contribution is -2.49. The van der Waals surface area contributed by atoms with Crippen molar-refractivity contribution in [2.45, 2.75) is 19.9 Å². The van der Waals surface area contributed by atoms with Gasteiger partial charge in [-0.25, -0.2) is 14.2 Å². The molecule has 1 aromatic carbocycles. The largest absolute Gasteiger partial charge is 0.447 e. The van der Waals surface area contributed by atoms with Gasteiger partial charge in [-0.3, -0.25) is 9.69 Å². The van der Waals surface area contributed by atoms with Crippen LogP contribution in [0.25, 0.3) is 0 Å². The molecule has 0 spiro atoms. The van der Waals surface area contributed by atoms with E-state index in [2.05, 4.69) is 16.0 Å². The number of piperazine rings is 1. The third-order valence-corrected chi connectivity index (χ3v) is 5.83. The Morgan fingerprint density at radius 3 is 2.62 bits per heavy atom. The van der Waals surface area contributed by atoms with Crippen LogP contribution < -0.4 is 9.80 Å². The molecule has 1 unspecified atom stereocenters. The Morgan fingerprint density at radius 2 is 1.97 bits per heavy atom. The van der Waals surface area contributed by atoms with Crippen molar-refractivity contribution in [2.75, 3.05) is 56.3 Å². The summed E-state index contributed by atoms with van der Waals surface area (Å²) in [6.45, 7) is 6.75. The van der Waals surface area contributed by atoms with Gasteiger partial charge in [-0.15, -0.1) is 0 Å². The molecule has 0 saturated carbocycles.